The molecule has 1 saturated heterocycles. The molecule has 2 aromatic rings. The highest BCUT2D eigenvalue weighted by molar-refractivity contribution is 5.91. The summed E-state index contributed by atoms with van der Waals surface area (Å²) in [7, 11) is 0. The Kier molecular flexibility index (Phi) is 7.03. The standard InChI is InChI=1S/C22H27N3O3/c1-16-3-2-4-19(13-16)25-21(26)15-28-20-7-5-17(6-8-20)9-12-24-22(27)18-10-11-23-14-18/h2-8,13,18,23H,9-12,14-15H2,1H3,(H,24,27)(H,25,26). The topological polar surface area (TPSA) is 79.5 Å². The monoisotopic (exact) mass is 381 g/mol. The van der Waals surface area contributed by atoms with Crippen LogP contribution in [0, 0.1) is 12.8 Å². The predicted octanol–water partition coefficient (Wildman–Crippen LogP) is 2.28. The first-order chi connectivity index (χ1) is 13.6. The van der Waals surface area contributed by atoms with E-state index in [9.17, 15) is 9.59 Å². The summed E-state index contributed by atoms with van der Waals surface area (Å²) in [6.07, 6.45) is 1.68. The average molecular weight is 381 g/mol. The lowest BCUT2D eigenvalue weighted by molar-refractivity contribution is -0.124. The first-order valence-corrected chi connectivity index (χ1v) is 9.67. The summed E-state index contributed by atoms with van der Waals surface area (Å²) in [6, 6.07) is 15.2. The number of hydrogen-bond acceptors (Lipinski definition) is 4. The molecule has 148 valence electrons. The molecule has 3 rings (SSSR count). The zero-order valence-electron chi connectivity index (χ0n) is 16.2. The van der Waals surface area contributed by atoms with Crippen LogP contribution in [0.3, 0.4) is 0 Å². The van der Waals surface area contributed by atoms with Crippen LogP contribution in [0.15, 0.2) is 48.5 Å². The molecule has 1 aliphatic rings. The summed E-state index contributed by atoms with van der Waals surface area (Å²) in [4.78, 5) is 24.0. The fraction of sp³-hybridized carbons (Fsp3) is 0.364. The smallest absolute Gasteiger partial charge is 0.262 e. The van der Waals surface area contributed by atoms with Crippen molar-refractivity contribution < 1.29 is 14.3 Å². The van der Waals surface area contributed by atoms with Crippen LogP contribution in [0.1, 0.15) is 17.5 Å². The summed E-state index contributed by atoms with van der Waals surface area (Å²) in [5.41, 5.74) is 2.96. The van der Waals surface area contributed by atoms with Crippen molar-refractivity contribution in [2.24, 2.45) is 5.92 Å². The van der Waals surface area contributed by atoms with Gasteiger partial charge < -0.3 is 20.7 Å². The van der Waals surface area contributed by atoms with Crippen LogP contribution in [-0.4, -0.2) is 38.1 Å². The quantitative estimate of drug-likeness (QED) is 0.655. The minimum absolute atomic E-state index is 0.0429. The lowest BCUT2D eigenvalue weighted by Crippen LogP contribution is -2.33. The number of aryl methyl sites for hydroxylation is 1. The van der Waals surface area contributed by atoms with Gasteiger partial charge in [0.25, 0.3) is 5.91 Å². The first-order valence-electron chi connectivity index (χ1n) is 9.67. The van der Waals surface area contributed by atoms with Crippen molar-refractivity contribution in [3.05, 3.63) is 59.7 Å². The van der Waals surface area contributed by atoms with E-state index < -0.39 is 0 Å². The van der Waals surface area contributed by atoms with E-state index in [0.717, 1.165) is 42.7 Å². The third kappa shape index (κ3) is 6.09. The van der Waals surface area contributed by atoms with Gasteiger partial charge in [-0.3, -0.25) is 9.59 Å². The van der Waals surface area contributed by atoms with Gasteiger partial charge in [-0.15, -0.1) is 0 Å². The number of hydrogen-bond donors (Lipinski definition) is 3. The number of anilines is 1. The summed E-state index contributed by atoms with van der Waals surface area (Å²) in [6.45, 7) is 4.25. The van der Waals surface area contributed by atoms with Crippen molar-refractivity contribution >= 4 is 17.5 Å². The second kappa shape index (κ2) is 9.90. The Hall–Kier alpha value is -2.86. The molecule has 0 radical (unpaired) electrons. The predicted molar refractivity (Wildman–Crippen MR) is 109 cm³/mol. The number of carbonyl (C=O) groups excluding carboxylic acids is 2. The number of rotatable bonds is 8. The molecule has 1 atom stereocenters. The van der Waals surface area contributed by atoms with Crippen molar-refractivity contribution in [1.29, 1.82) is 0 Å². The fourth-order valence-corrected chi connectivity index (χ4v) is 3.17. The highest BCUT2D eigenvalue weighted by atomic mass is 16.5. The number of amides is 2. The van der Waals surface area contributed by atoms with Crippen LogP contribution >= 0.6 is 0 Å². The fourth-order valence-electron chi connectivity index (χ4n) is 3.17. The van der Waals surface area contributed by atoms with Gasteiger partial charge in [0.1, 0.15) is 5.75 Å². The Morgan fingerprint density at radius 2 is 2.00 bits per heavy atom. The van der Waals surface area contributed by atoms with Crippen LogP contribution in [0.5, 0.6) is 5.75 Å². The van der Waals surface area contributed by atoms with Gasteiger partial charge in [-0.1, -0.05) is 24.3 Å². The van der Waals surface area contributed by atoms with E-state index in [-0.39, 0.29) is 24.3 Å². The third-order valence-corrected chi connectivity index (χ3v) is 4.74. The zero-order valence-corrected chi connectivity index (χ0v) is 16.2. The molecule has 1 aliphatic heterocycles. The number of nitrogens with one attached hydrogen (secondary N) is 3. The molecule has 1 heterocycles. The Morgan fingerprint density at radius 1 is 1.18 bits per heavy atom. The molecule has 0 aliphatic carbocycles. The molecule has 1 fully saturated rings. The van der Waals surface area contributed by atoms with Gasteiger partial charge in [0.2, 0.25) is 5.91 Å². The van der Waals surface area contributed by atoms with Gasteiger partial charge in [-0.25, -0.2) is 0 Å². The highest BCUT2D eigenvalue weighted by Crippen LogP contribution is 2.14. The molecule has 0 spiro atoms. The van der Waals surface area contributed by atoms with Crippen molar-refractivity contribution in [2.45, 2.75) is 19.8 Å². The second-order valence-corrected chi connectivity index (χ2v) is 7.08. The molecular formula is C22H27N3O3. The summed E-state index contributed by atoms with van der Waals surface area (Å²) >= 11 is 0. The Bertz CT molecular complexity index is 799. The van der Waals surface area contributed by atoms with E-state index in [2.05, 4.69) is 16.0 Å². The van der Waals surface area contributed by atoms with E-state index in [4.69, 9.17) is 4.74 Å². The second-order valence-electron chi connectivity index (χ2n) is 7.08. The van der Waals surface area contributed by atoms with E-state index >= 15 is 0 Å². The summed E-state index contributed by atoms with van der Waals surface area (Å²) < 4.78 is 5.55. The summed E-state index contributed by atoms with van der Waals surface area (Å²) in [5, 5.41) is 9.01. The van der Waals surface area contributed by atoms with Crippen molar-refractivity contribution in [2.75, 3.05) is 31.6 Å². The highest BCUT2D eigenvalue weighted by Gasteiger charge is 2.21. The largest absolute Gasteiger partial charge is 0.484 e. The first kappa shape index (κ1) is 19.9. The molecular weight excluding hydrogens is 354 g/mol. The molecule has 3 N–H and O–H groups in total. The van der Waals surface area contributed by atoms with Crippen LogP contribution in [0.2, 0.25) is 0 Å². The minimum Gasteiger partial charge on any atom is -0.484 e. The third-order valence-electron chi connectivity index (χ3n) is 4.74. The molecule has 1 unspecified atom stereocenters. The number of benzene rings is 2. The van der Waals surface area contributed by atoms with Gasteiger partial charge in [0.05, 0.1) is 5.92 Å². The molecule has 28 heavy (non-hydrogen) atoms. The van der Waals surface area contributed by atoms with Gasteiger partial charge in [-0.05, 0) is 61.7 Å². The molecule has 6 nitrogen and oxygen atoms in total. The SMILES string of the molecule is Cc1cccc(NC(=O)COc2ccc(CCNC(=O)C3CCNC3)cc2)c1. The van der Waals surface area contributed by atoms with E-state index in [1.54, 1.807) is 0 Å². The molecule has 0 aromatic heterocycles. The van der Waals surface area contributed by atoms with Gasteiger partial charge in [0.15, 0.2) is 6.61 Å². The van der Waals surface area contributed by atoms with E-state index in [0.29, 0.717) is 12.3 Å². The van der Waals surface area contributed by atoms with E-state index in [1.807, 2.05) is 55.5 Å². The van der Waals surface area contributed by atoms with Crippen molar-refractivity contribution in [1.82, 2.24) is 10.6 Å². The lowest BCUT2D eigenvalue weighted by Gasteiger charge is -2.10. The van der Waals surface area contributed by atoms with Gasteiger partial charge in [-0.2, -0.15) is 0 Å². The number of ether oxygens (including phenoxy) is 1. The van der Waals surface area contributed by atoms with E-state index in [1.165, 1.54) is 0 Å². The lowest BCUT2D eigenvalue weighted by atomic mass is 10.1. The summed E-state index contributed by atoms with van der Waals surface area (Å²) in [5.74, 6) is 0.675. The average Bonchev–Trinajstić information content (AvgIpc) is 3.22. The van der Waals surface area contributed by atoms with Crippen LogP contribution in [-0.2, 0) is 16.0 Å². The van der Waals surface area contributed by atoms with Crippen LogP contribution in [0.4, 0.5) is 5.69 Å². The molecule has 0 bridgehead atoms. The maximum absolute atomic E-state index is 12.0. The van der Waals surface area contributed by atoms with Crippen molar-refractivity contribution in [3.63, 3.8) is 0 Å². The Morgan fingerprint density at radius 3 is 2.71 bits per heavy atom. The maximum atomic E-state index is 12.0. The molecule has 0 saturated carbocycles. The minimum atomic E-state index is -0.196. The normalized spacial score (nSPS) is 15.8. The van der Waals surface area contributed by atoms with Crippen LogP contribution in [0.25, 0.3) is 0 Å². The van der Waals surface area contributed by atoms with Crippen molar-refractivity contribution in [3.8, 4) is 5.75 Å². The van der Waals surface area contributed by atoms with Gasteiger partial charge >= 0.3 is 0 Å². The molecule has 2 amide bonds. The molecule has 2 aromatic carbocycles. The zero-order chi connectivity index (χ0) is 19.8. The maximum Gasteiger partial charge on any atom is 0.262 e. The Labute approximate surface area is 165 Å². The molecule has 6 heteroatoms. The van der Waals surface area contributed by atoms with Gasteiger partial charge in [0, 0.05) is 18.8 Å². The Balaban J connectivity index is 1.37. The number of carbonyl (C=O) groups is 2. The van der Waals surface area contributed by atoms with Crippen LogP contribution < -0.4 is 20.7 Å².